The molecule has 24 heavy (non-hydrogen) atoms. The molecule has 3 atom stereocenters. The zero-order valence-corrected chi connectivity index (χ0v) is 15.6. The molecule has 0 aromatic carbocycles. The molecule has 0 bridgehead atoms. The second-order valence-corrected chi connectivity index (χ2v) is 8.17. The zero-order chi connectivity index (χ0) is 17.7. The maximum absolute atomic E-state index is 12.4. The van der Waals surface area contributed by atoms with E-state index < -0.39 is 5.60 Å². The van der Waals surface area contributed by atoms with E-state index in [0.717, 1.165) is 45.2 Å². The van der Waals surface area contributed by atoms with Crippen LogP contribution in [0, 0.1) is 0 Å². The SMILES string of the molecule is CC(CC1CCCCN1C(=O)OC(C)(C)C)NCC1CCC(=O)N1. The Morgan fingerprint density at radius 2 is 2.12 bits per heavy atom. The fourth-order valence-corrected chi connectivity index (χ4v) is 3.47. The third kappa shape index (κ3) is 5.96. The van der Waals surface area contributed by atoms with Gasteiger partial charge >= 0.3 is 6.09 Å². The monoisotopic (exact) mass is 339 g/mol. The molecule has 0 aliphatic carbocycles. The van der Waals surface area contributed by atoms with E-state index in [0.29, 0.717) is 12.5 Å². The van der Waals surface area contributed by atoms with Crippen LogP contribution in [-0.4, -0.2) is 53.7 Å². The molecule has 2 fully saturated rings. The zero-order valence-electron chi connectivity index (χ0n) is 15.6. The topological polar surface area (TPSA) is 70.7 Å². The van der Waals surface area contributed by atoms with Gasteiger partial charge in [0.05, 0.1) is 0 Å². The summed E-state index contributed by atoms with van der Waals surface area (Å²) < 4.78 is 5.56. The van der Waals surface area contributed by atoms with Crippen LogP contribution in [0.4, 0.5) is 4.79 Å². The van der Waals surface area contributed by atoms with Crippen LogP contribution in [0.15, 0.2) is 0 Å². The van der Waals surface area contributed by atoms with Crippen molar-refractivity contribution in [3.8, 4) is 0 Å². The van der Waals surface area contributed by atoms with Crippen LogP contribution in [0.25, 0.3) is 0 Å². The normalized spacial score (nSPS) is 26.2. The van der Waals surface area contributed by atoms with Gasteiger partial charge in [0.2, 0.25) is 5.91 Å². The lowest BCUT2D eigenvalue weighted by Gasteiger charge is -2.38. The van der Waals surface area contributed by atoms with Gasteiger partial charge in [-0.25, -0.2) is 4.79 Å². The van der Waals surface area contributed by atoms with Crippen molar-refractivity contribution in [3.05, 3.63) is 0 Å². The Hall–Kier alpha value is -1.30. The Morgan fingerprint density at radius 1 is 1.38 bits per heavy atom. The Morgan fingerprint density at radius 3 is 2.75 bits per heavy atom. The van der Waals surface area contributed by atoms with E-state index >= 15 is 0 Å². The molecule has 2 heterocycles. The van der Waals surface area contributed by atoms with E-state index in [9.17, 15) is 9.59 Å². The van der Waals surface area contributed by atoms with Crippen LogP contribution < -0.4 is 10.6 Å². The number of nitrogens with one attached hydrogen (secondary N) is 2. The molecular weight excluding hydrogens is 306 g/mol. The predicted molar refractivity (Wildman–Crippen MR) is 93.8 cm³/mol. The molecule has 0 aromatic rings. The third-order valence-electron chi connectivity index (χ3n) is 4.68. The largest absolute Gasteiger partial charge is 0.444 e. The Kier molecular flexibility index (Phi) is 6.49. The average molecular weight is 339 g/mol. The molecule has 2 rings (SSSR count). The first-order valence-corrected chi connectivity index (χ1v) is 9.27. The molecule has 138 valence electrons. The lowest BCUT2D eigenvalue weighted by molar-refractivity contribution is -0.119. The smallest absolute Gasteiger partial charge is 0.410 e. The summed E-state index contributed by atoms with van der Waals surface area (Å²) in [5.41, 5.74) is -0.455. The molecule has 3 unspecified atom stereocenters. The van der Waals surface area contributed by atoms with Gasteiger partial charge in [-0.2, -0.15) is 0 Å². The number of likely N-dealkylation sites (tertiary alicyclic amines) is 1. The lowest BCUT2D eigenvalue weighted by Crippen LogP contribution is -2.49. The molecule has 2 saturated heterocycles. The first-order valence-electron chi connectivity index (χ1n) is 9.27. The number of carbonyl (C=O) groups is 2. The minimum atomic E-state index is -0.455. The summed E-state index contributed by atoms with van der Waals surface area (Å²) in [4.78, 5) is 25.6. The second kappa shape index (κ2) is 8.19. The van der Waals surface area contributed by atoms with Crippen molar-refractivity contribution in [2.75, 3.05) is 13.1 Å². The molecule has 0 radical (unpaired) electrons. The van der Waals surface area contributed by atoms with Crippen LogP contribution in [0.2, 0.25) is 0 Å². The summed E-state index contributed by atoms with van der Waals surface area (Å²) in [6.45, 7) is 9.45. The van der Waals surface area contributed by atoms with Gasteiger partial charge in [-0.3, -0.25) is 4.79 Å². The molecular formula is C18H33N3O3. The minimum Gasteiger partial charge on any atom is -0.444 e. The maximum atomic E-state index is 12.4. The van der Waals surface area contributed by atoms with Gasteiger partial charge in [0, 0.05) is 37.6 Å². The number of nitrogens with zero attached hydrogens (tertiary/aromatic N) is 1. The number of carbonyl (C=O) groups excluding carboxylic acids is 2. The summed E-state index contributed by atoms with van der Waals surface area (Å²) in [6.07, 6.45) is 5.51. The van der Waals surface area contributed by atoms with Gasteiger partial charge in [0.15, 0.2) is 0 Å². The molecule has 6 heteroatoms. The van der Waals surface area contributed by atoms with E-state index in [1.807, 2.05) is 25.7 Å². The van der Waals surface area contributed by atoms with Crippen molar-refractivity contribution in [2.45, 2.75) is 89.9 Å². The van der Waals surface area contributed by atoms with Crippen LogP contribution in [0.5, 0.6) is 0 Å². The van der Waals surface area contributed by atoms with Gasteiger partial charge in [-0.05, 0) is 59.8 Å². The standard InChI is InChI=1S/C18H33N3O3/c1-13(19-12-14-8-9-16(22)20-14)11-15-7-5-6-10-21(15)17(23)24-18(2,3)4/h13-15,19H,5-12H2,1-4H3,(H,20,22). The van der Waals surface area contributed by atoms with Crippen molar-refractivity contribution in [1.29, 1.82) is 0 Å². The van der Waals surface area contributed by atoms with Gasteiger partial charge in [0.1, 0.15) is 5.60 Å². The number of piperidine rings is 1. The third-order valence-corrected chi connectivity index (χ3v) is 4.68. The van der Waals surface area contributed by atoms with Gasteiger partial charge in [-0.1, -0.05) is 0 Å². The molecule has 0 saturated carbocycles. The summed E-state index contributed by atoms with van der Waals surface area (Å²) in [5.74, 6) is 0.151. The fraction of sp³-hybridized carbons (Fsp3) is 0.889. The quantitative estimate of drug-likeness (QED) is 0.807. The highest BCUT2D eigenvalue weighted by Gasteiger charge is 2.31. The Balaban J connectivity index is 1.81. The number of rotatable bonds is 5. The summed E-state index contributed by atoms with van der Waals surface area (Å²) in [5, 5.41) is 6.49. The number of hydrogen-bond acceptors (Lipinski definition) is 4. The molecule has 2 aliphatic heterocycles. The fourth-order valence-electron chi connectivity index (χ4n) is 3.47. The Labute approximate surface area is 145 Å². The summed E-state index contributed by atoms with van der Waals surface area (Å²) in [6, 6.07) is 0.776. The lowest BCUT2D eigenvalue weighted by atomic mass is 9.96. The molecule has 2 aliphatic rings. The predicted octanol–water partition coefficient (Wildman–Crippen LogP) is 2.42. The molecule has 2 N–H and O–H groups in total. The maximum Gasteiger partial charge on any atom is 0.410 e. The summed E-state index contributed by atoms with van der Waals surface area (Å²) in [7, 11) is 0. The van der Waals surface area contributed by atoms with E-state index in [-0.39, 0.29) is 24.1 Å². The highest BCUT2D eigenvalue weighted by Crippen LogP contribution is 2.23. The highest BCUT2D eigenvalue weighted by molar-refractivity contribution is 5.78. The summed E-state index contributed by atoms with van der Waals surface area (Å²) >= 11 is 0. The highest BCUT2D eigenvalue weighted by atomic mass is 16.6. The van der Waals surface area contributed by atoms with Gasteiger partial charge in [-0.15, -0.1) is 0 Å². The van der Waals surface area contributed by atoms with Crippen LogP contribution >= 0.6 is 0 Å². The van der Waals surface area contributed by atoms with Crippen LogP contribution in [0.3, 0.4) is 0 Å². The van der Waals surface area contributed by atoms with Gasteiger partial charge < -0.3 is 20.3 Å². The second-order valence-electron chi connectivity index (χ2n) is 8.17. The molecule has 0 aromatic heterocycles. The van der Waals surface area contributed by atoms with Gasteiger partial charge in [0.25, 0.3) is 0 Å². The first-order chi connectivity index (χ1) is 11.2. The van der Waals surface area contributed by atoms with Crippen molar-refractivity contribution >= 4 is 12.0 Å². The van der Waals surface area contributed by atoms with Crippen molar-refractivity contribution in [1.82, 2.24) is 15.5 Å². The van der Waals surface area contributed by atoms with Crippen LogP contribution in [0.1, 0.15) is 66.2 Å². The van der Waals surface area contributed by atoms with Crippen molar-refractivity contribution in [3.63, 3.8) is 0 Å². The molecule has 0 spiro atoms. The molecule has 6 nitrogen and oxygen atoms in total. The van der Waals surface area contributed by atoms with Crippen LogP contribution in [-0.2, 0) is 9.53 Å². The average Bonchev–Trinajstić information content (AvgIpc) is 2.89. The van der Waals surface area contributed by atoms with Crippen molar-refractivity contribution in [2.24, 2.45) is 0 Å². The number of hydrogen-bond donors (Lipinski definition) is 2. The van der Waals surface area contributed by atoms with E-state index in [1.165, 1.54) is 0 Å². The first kappa shape index (κ1) is 19.0. The molecule has 2 amide bonds. The van der Waals surface area contributed by atoms with E-state index in [2.05, 4.69) is 17.6 Å². The van der Waals surface area contributed by atoms with E-state index in [1.54, 1.807) is 0 Å². The number of ether oxygens (including phenoxy) is 1. The Bertz CT molecular complexity index is 447. The van der Waals surface area contributed by atoms with Crippen molar-refractivity contribution < 1.29 is 14.3 Å². The minimum absolute atomic E-state index is 0.151. The van der Waals surface area contributed by atoms with E-state index in [4.69, 9.17) is 4.74 Å². The number of amides is 2.